The molecule has 0 aliphatic rings. The molecule has 6 heteroatoms. The van der Waals surface area contributed by atoms with Crippen LogP contribution in [0.5, 0.6) is 0 Å². The van der Waals surface area contributed by atoms with Gasteiger partial charge in [0.1, 0.15) is 0 Å². The number of carbonyl (C=O) groups is 1. The van der Waals surface area contributed by atoms with E-state index >= 15 is 0 Å². The van der Waals surface area contributed by atoms with Gasteiger partial charge in [-0.25, -0.2) is 4.79 Å². The predicted octanol–water partition coefficient (Wildman–Crippen LogP) is 0.409. The maximum absolute atomic E-state index is 12.7. The third-order valence-corrected chi connectivity index (χ3v) is 2.17. The molecule has 14 heavy (non-hydrogen) atoms. The number of hydrogen-bond acceptors (Lipinski definition) is 3. The van der Waals surface area contributed by atoms with E-state index < -0.39 is 24.0 Å². The van der Waals surface area contributed by atoms with Crippen LogP contribution in [0.4, 0.5) is 8.78 Å². The molecule has 0 spiro atoms. The topological polar surface area (TPSA) is 60.8 Å². The summed E-state index contributed by atoms with van der Waals surface area (Å²) in [5.74, 6) is -5.95. The van der Waals surface area contributed by atoms with Crippen LogP contribution < -0.4 is 0 Å². The molecular formula is C8H15F2NO3. The van der Waals surface area contributed by atoms with Gasteiger partial charge >= 0.3 is 11.9 Å². The van der Waals surface area contributed by atoms with E-state index in [0.29, 0.717) is 0 Å². The number of alkyl halides is 2. The molecule has 84 valence electrons. The van der Waals surface area contributed by atoms with Crippen molar-refractivity contribution in [1.29, 1.82) is 0 Å². The molecule has 0 aliphatic carbocycles. The minimum absolute atomic E-state index is 0.320. The second-order valence-electron chi connectivity index (χ2n) is 3.84. The van der Waals surface area contributed by atoms with E-state index in [1.807, 2.05) is 0 Å². The minimum atomic E-state index is -3.79. The molecule has 0 fully saturated rings. The first-order valence-electron chi connectivity index (χ1n) is 4.07. The zero-order chi connectivity index (χ0) is 11.6. The van der Waals surface area contributed by atoms with Crippen LogP contribution in [0.15, 0.2) is 0 Å². The fourth-order valence-electron chi connectivity index (χ4n) is 0.700. The van der Waals surface area contributed by atoms with Gasteiger partial charge < -0.3 is 10.2 Å². The van der Waals surface area contributed by atoms with Crippen molar-refractivity contribution < 1.29 is 23.8 Å². The van der Waals surface area contributed by atoms with E-state index in [-0.39, 0.29) is 6.61 Å². The van der Waals surface area contributed by atoms with Crippen molar-refractivity contribution in [1.82, 2.24) is 4.90 Å². The molecule has 0 unspecified atom stereocenters. The largest absolute Gasteiger partial charge is 0.477 e. The quantitative estimate of drug-likeness (QED) is 0.691. The van der Waals surface area contributed by atoms with Crippen molar-refractivity contribution in [2.45, 2.75) is 25.3 Å². The van der Waals surface area contributed by atoms with Gasteiger partial charge in [0.05, 0.1) is 13.2 Å². The number of aliphatic hydroxyl groups excluding tert-OH is 1. The maximum Gasteiger partial charge on any atom is 0.375 e. The molecule has 0 radical (unpaired) electrons. The van der Waals surface area contributed by atoms with E-state index in [2.05, 4.69) is 0 Å². The fourth-order valence-corrected chi connectivity index (χ4v) is 0.700. The summed E-state index contributed by atoms with van der Waals surface area (Å²) in [4.78, 5) is 11.2. The Morgan fingerprint density at radius 1 is 1.43 bits per heavy atom. The third kappa shape index (κ3) is 3.19. The Labute approximate surface area is 81.1 Å². The van der Waals surface area contributed by atoms with Gasteiger partial charge in [-0.15, -0.1) is 0 Å². The van der Waals surface area contributed by atoms with Crippen LogP contribution in [0.2, 0.25) is 0 Å². The number of aliphatic hydroxyl groups is 1. The summed E-state index contributed by atoms with van der Waals surface area (Å²) >= 11 is 0. The highest BCUT2D eigenvalue weighted by Gasteiger charge is 2.42. The molecule has 0 rings (SSSR count). The van der Waals surface area contributed by atoms with E-state index in [1.165, 1.54) is 7.05 Å². The first-order valence-corrected chi connectivity index (χ1v) is 4.07. The molecule has 4 nitrogen and oxygen atoms in total. The lowest BCUT2D eigenvalue weighted by Crippen LogP contribution is -2.51. The average Bonchev–Trinajstić information content (AvgIpc) is 2.03. The predicted molar refractivity (Wildman–Crippen MR) is 46.4 cm³/mol. The van der Waals surface area contributed by atoms with E-state index in [4.69, 9.17) is 10.2 Å². The number of aliphatic carboxylic acids is 1. The molecule has 0 aromatic carbocycles. The van der Waals surface area contributed by atoms with Crippen molar-refractivity contribution in [3.05, 3.63) is 0 Å². The SMILES string of the molecule is CN(CC(F)(F)C(=O)O)C(C)(C)CO. The summed E-state index contributed by atoms with van der Waals surface area (Å²) in [6.45, 7) is 1.85. The van der Waals surface area contributed by atoms with Gasteiger partial charge in [0.15, 0.2) is 0 Å². The number of carboxylic acids is 1. The van der Waals surface area contributed by atoms with Crippen LogP contribution in [0.1, 0.15) is 13.8 Å². The Morgan fingerprint density at radius 2 is 1.86 bits per heavy atom. The molecule has 0 saturated heterocycles. The number of halogens is 2. The van der Waals surface area contributed by atoms with Crippen LogP contribution in [-0.2, 0) is 4.79 Å². The van der Waals surface area contributed by atoms with Crippen molar-refractivity contribution in [2.24, 2.45) is 0 Å². The van der Waals surface area contributed by atoms with Gasteiger partial charge in [-0.3, -0.25) is 4.90 Å². The molecule has 0 aromatic rings. The molecule has 0 heterocycles. The third-order valence-electron chi connectivity index (χ3n) is 2.17. The summed E-state index contributed by atoms with van der Waals surface area (Å²) in [5.41, 5.74) is -0.862. The first-order chi connectivity index (χ1) is 6.13. The van der Waals surface area contributed by atoms with Crippen LogP contribution in [0.3, 0.4) is 0 Å². The molecule has 0 saturated carbocycles. The van der Waals surface area contributed by atoms with Crippen molar-refractivity contribution in [2.75, 3.05) is 20.2 Å². The smallest absolute Gasteiger partial charge is 0.375 e. The number of hydrogen-bond donors (Lipinski definition) is 2. The van der Waals surface area contributed by atoms with Crippen LogP contribution in [0, 0.1) is 0 Å². The monoisotopic (exact) mass is 211 g/mol. The number of rotatable bonds is 5. The minimum Gasteiger partial charge on any atom is -0.477 e. The fraction of sp³-hybridized carbons (Fsp3) is 0.875. The van der Waals surface area contributed by atoms with Gasteiger partial charge in [-0.1, -0.05) is 0 Å². The average molecular weight is 211 g/mol. The van der Waals surface area contributed by atoms with Gasteiger partial charge in [0.25, 0.3) is 0 Å². The van der Waals surface area contributed by atoms with Crippen LogP contribution in [-0.4, -0.2) is 52.7 Å². The van der Waals surface area contributed by atoms with Gasteiger partial charge in [0.2, 0.25) is 0 Å². The Kier molecular flexibility index (Phi) is 3.96. The lowest BCUT2D eigenvalue weighted by molar-refractivity contribution is -0.169. The van der Waals surface area contributed by atoms with Crippen LogP contribution >= 0.6 is 0 Å². The highest BCUT2D eigenvalue weighted by atomic mass is 19.3. The maximum atomic E-state index is 12.7. The highest BCUT2D eigenvalue weighted by molar-refractivity contribution is 5.75. The zero-order valence-corrected chi connectivity index (χ0v) is 8.42. The van der Waals surface area contributed by atoms with Crippen LogP contribution in [0.25, 0.3) is 0 Å². The lowest BCUT2D eigenvalue weighted by Gasteiger charge is -2.35. The second kappa shape index (κ2) is 4.18. The first kappa shape index (κ1) is 13.2. The summed E-state index contributed by atoms with van der Waals surface area (Å²) in [7, 11) is 1.34. The molecule has 0 aromatic heterocycles. The normalized spacial score (nSPS) is 13.4. The number of nitrogens with zero attached hydrogens (tertiary/aromatic N) is 1. The van der Waals surface area contributed by atoms with Gasteiger partial charge in [0, 0.05) is 5.54 Å². The van der Waals surface area contributed by atoms with Crippen molar-refractivity contribution in [3.8, 4) is 0 Å². The second-order valence-corrected chi connectivity index (χ2v) is 3.84. The molecule has 0 atom stereocenters. The standard InChI is InChI=1S/C8H15F2NO3/c1-7(2,5-12)11(3)4-8(9,10)6(13)14/h12H,4-5H2,1-3H3,(H,13,14). The summed E-state index contributed by atoms with van der Waals surface area (Å²) in [6, 6.07) is 0. The summed E-state index contributed by atoms with van der Waals surface area (Å²) in [6.07, 6.45) is 0. The van der Waals surface area contributed by atoms with Crippen molar-refractivity contribution >= 4 is 5.97 Å². The number of carboxylic acid groups (broad SMARTS) is 1. The Hall–Kier alpha value is -0.750. The van der Waals surface area contributed by atoms with Gasteiger partial charge in [-0.05, 0) is 20.9 Å². The molecular weight excluding hydrogens is 196 g/mol. The number of likely N-dealkylation sites (N-methyl/N-ethyl adjacent to an activating group) is 1. The van der Waals surface area contributed by atoms with E-state index in [9.17, 15) is 13.6 Å². The Balaban J connectivity index is 4.46. The highest BCUT2D eigenvalue weighted by Crippen LogP contribution is 2.20. The molecule has 0 bridgehead atoms. The Bertz CT molecular complexity index is 219. The van der Waals surface area contributed by atoms with Crippen molar-refractivity contribution in [3.63, 3.8) is 0 Å². The lowest BCUT2D eigenvalue weighted by atomic mass is 10.0. The Morgan fingerprint density at radius 3 is 2.14 bits per heavy atom. The summed E-state index contributed by atoms with van der Waals surface area (Å²) < 4.78 is 25.5. The van der Waals surface area contributed by atoms with E-state index in [0.717, 1.165) is 4.90 Å². The summed E-state index contributed by atoms with van der Waals surface area (Å²) in [5, 5.41) is 17.1. The van der Waals surface area contributed by atoms with E-state index in [1.54, 1.807) is 13.8 Å². The molecule has 0 aliphatic heterocycles. The molecule has 2 N–H and O–H groups in total. The molecule has 0 amide bonds. The van der Waals surface area contributed by atoms with Gasteiger partial charge in [-0.2, -0.15) is 8.78 Å². The zero-order valence-electron chi connectivity index (χ0n) is 8.42.